The van der Waals surface area contributed by atoms with Crippen LogP contribution in [0.2, 0.25) is 0 Å². The van der Waals surface area contributed by atoms with E-state index in [2.05, 4.69) is 35.0 Å². The largest absolute Gasteiger partial charge is 0.482 e. The van der Waals surface area contributed by atoms with Crippen LogP contribution in [0, 0.1) is 5.82 Å². The third kappa shape index (κ3) is 4.80. The predicted molar refractivity (Wildman–Crippen MR) is 121 cm³/mol. The fourth-order valence-electron chi connectivity index (χ4n) is 3.23. The van der Waals surface area contributed by atoms with Crippen molar-refractivity contribution in [2.75, 3.05) is 23.7 Å². The zero-order chi connectivity index (χ0) is 23.4. The highest BCUT2D eigenvalue weighted by molar-refractivity contribution is 8.00. The number of fused-ring (bicyclic) bond motifs is 1. The van der Waals surface area contributed by atoms with Crippen molar-refractivity contribution in [3.63, 3.8) is 0 Å². The quantitative estimate of drug-likeness (QED) is 0.293. The van der Waals surface area contributed by atoms with Crippen LogP contribution >= 0.6 is 11.9 Å². The molecule has 0 amide bonds. The summed E-state index contributed by atoms with van der Waals surface area (Å²) in [6.07, 6.45) is 2.69. The monoisotopic (exact) mass is 475 g/mol. The molecule has 33 heavy (non-hydrogen) atoms. The molecule has 4 rings (SSSR count). The molecule has 0 aliphatic rings. The Labute approximate surface area is 191 Å². The van der Waals surface area contributed by atoms with Gasteiger partial charge in [0.05, 0.1) is 21.7 Å². The number of ether oxygens (including phenoxy) is 1. The van der Waals surface area contributed by atoms with Gasteiger partial charge in [0.1, 0.15) is 12.4 Å². The molecule has 8 nitrogen and oxygen atoms in total. The number of hydrogen-bond acceptors (Lipinski definition) is 8. The number of aromatic nitrogens is 5. The molecule has 0 atom stereocenters. The van der Waals surface area contributed by atoms with Crippen LogP contribution in [0.15, 0.2) is 41.7 Å². The second-order valence-corrected chi connectivity index (χ2v) is 7.60. The summed E-state index contributed by atoms with van der Waals surface area (Å²) >= 11 is 1.22. The lowest BCUT2D eigenvalue weighted by molar-refractivity contribution is 0.0814. The number of hydrogen-bond donors (Lipinski definition) is 3. The lowest BCUT2D eigenvalue weighted by Gasteiger charge is -2.15. The van der Waals surface area contributed by atoms with Crippen LogP contribution in [0.3, 0.4) is 0 Å². The standard InChI is InChI=1S/C21H20F3N7OS/c1-3-13-18(32-10-15(23)24)20(25-2)30-21(29-13)31-33-14-9-28-17-11(14)5-6-12(22)16(17)19-26-7-4-8-27-19/h4-9,15,28H,3,10H2,1-2H3,(H2,25,29,30,31). The molecule has 3 aromatic heterocycles. The normalized spacial score (nSPS) is 11.2. The average Bonchev–Trinajstić information content (AvgIpc) is 3.24. The highest BCUT2D eigenvalue weighted by Crippen LogP contribution is 2.35. The Morgan fingerprint density at radius 1 is 1.18 bits per heavy atom. The molecule has 0 saturated heterocycles. The number of anilines is 2. The Morgan fingerprint density at radius 2 is 1.97 bits per heavy atom. The first kappa shape index (κ1) is 22.6. The van der Waals surface area contributed by atoms with Crippen molar-refractivity contribution in [3.05, 3.63) is 48.3 Å². The fraction of sp³-hybridized carbons (Fsp3) is 0.238. The molecule has 0 fully saturated rings. The molecule has 172 valence electrons. The molecule has 0 spiro atoms. The molecule has 0 aliphatic heterocycles. The smallest absolute Gasteiger partial charge is 0.272 e. The summed E-state index contributed by atoms with van der Waals surface area (Å²) in [5.41, 5.74) is 1.33. The SMILES string of the molecule is CCc1nc(NSc2c[nH]c3c(-c4ncccn4)c(F)ccc23)nc(NC)c1OCC(F)F. The van der Waals surface area contributed by atoms with E-state index in [1.807, 2.05) is 6.92 Å². The van der Waals surface area contributed by atoms with Gasteiger partial charge in [-0.05, 0) is 36.6 Å². The van der Waals surface area contributed by atoms with Crippen molar-refractivity contribution in [2.24, 2.45) is 0 Å². The van der Waals surface area contributed by atoms with Crippen molar-refractivity contribution in [2.45, 2.75) is 24.7 Å². The van der Waals surface area contributed by atoms with Gasteiger partial charge in [0.25, 0.3) is 6.43 Å². The summed E-state index contributed by atoms with van der Waals surface area (Å²) in [6, 6.07) is 4.69. The molecule has 4 aromatic rings. The molecule has 3 N–H and O–H groups in total. The number of nitrogens with one attached hydrogen (secondary N) is 3. The highest BCUT2D eigenvalue weighted by atomic mass is 32.2. The Bertz CT molecular complexity index is 1230. The second-order valence-electron chi connectivity index (χ2n) is 6.75. The number of halogens is 3. The maximum absolute atomic E-state index is 14.6. The molecule has 0 unspecified atom stereocenters. The molecule has 0 saturated carbocycles. The molecule has 3 heterocycles. The van der Waals surface area contributed by atoms with Gasteiger partial charge < -0.3 is 15.0 Å². The summed E-state index contributed by atoms with van der Waals surface area (Å²) < 4.78 is 48.1. The lowest BCUT2D eigenvalue weighted by Crippen LogP contribution is -2.12. The van der Waals surface area contributed by atoms with Gasteiger partial charge >= 0.3 is 0 Å². The van der Waals surface area contributed by atoms with Crippen molar-refractivity contribution < 1.29 is 17.9 Å². The van der Waals surface area contributed by atoms with Crippen molar-refractivity contribution in [3.8, 4) is 17.1 Å². The van der Waals surface area contributed by atoms with Gasteiger partial charge in [0.2, 0.25) is 5.95 Å². The van der Waals surface area contributed by atoms with Crippen molar-refractivity contribution in [1.82, 2.24) is 24.9 Å². The van der Waals surface area contributed by atoms with E-state index in [4.69, 9.17) is 4.74 Å². The second kappa shape index (κ2) is 9.94. The Hall–Kier alpha value is -3.54. The minimum absolute atomic E-state index is 0.200. The van der Waals surface area contributed by atoms with Gasteiger partial charge in [-0.25, -0.2) is 28.1 Å². The lowest BCUT2D eigenvalue weighted by atomic mass is 10.1. The summed E-state index contributed by atoms with van der Waals surface area (Å²) in [6.45, 7) is 1.10. The minimum atomic E-state index is -2.61. The van der Waals surface area contributed by atoms with Gasteiger partial charge in [-0.3, -0.25) is 4.72 Å². The number of aromatic amines is 1. The molecule has 0 radical (unpaired) electrons. The summed E-state index contributed by atoms with van der Waals surface area (Å²) in [7, 11) is 1.62. The number of rotatable bonds is 9. The topological polar surface area (TPSA) is 101 Å². The first-order valence-electron chi connectivity index (χ1n) is 10.0. The third-order valence-corrected chi connectivity index (χ3v) is 5.51. The van der Waals surface area contributed by atoms with E-state index in [-0.39, 0.29) is 23.1 Å². The first-order valence-corrected chi connectivity index (χ1v) is 10.8. The highest BCUT2D eigenvalue weighted by Gasteiger charge is 2.18. The van der Waals surface area contributed by atoms with Gasteiger partial charge in [-0.1, -0.05) is 6.92 Å². The van der Waals surface area contributed by atoms with E-state index >= 15 is 0 Å². The van der Waals surface area contributed by atoms with Crippen molar-refractivity contribution >= 4 is 34.6 Å². The number of H-pyrrole nitrogens is 1. The summed E-state index contributed by atoms with van der Waals surface area (Å²) in [4.78, 5) is 20.9. The van der Waals surface area contributed by atoms with Gasteiger partial charge in [0, 0.05) is 31.0 Å². The van der Waals surface area contributed by atoms with E-state index in [1.165, 1.54) is 18.0 Å². The zero-order valence-corrected chi connectivity index (χ0v) is 18.5. The van der Waals surface area contributed by atoms with Crippen LogP contribution in [0.4, 0.5) is 24.9 Å². The third-order valence-electron chi connectivity index (χ3n) is 4.67. The van der Waals surface area contributed by atoms with E-state index in [1.54, 1.807) is 37.8 Å². The maximum Gasteiger partial charge on any atom is 0.272 e. The van der Waals surface area contributed by atoms with Crippen LogP contribution < -0.4 is 14.8 Å². The summed E-state index contributed by atoms with van der Waals surface area (Å²) in [5, 5.41) is 3.62. The number of aryl methyl sites for hydroxylation is 1. The molecule has 0 aliphatic carbocycles. The molecule has 12 heteroatoms. The van der Waals surface area contributed by atoms with Crippen molar-refractivity contribution in [1.29, 1.82) is 0 Å². The van der Waals surface area contributed by atoms with Crippen LogP contribution in [0.1, 0.15) is 12.6 Å². The van der Waals surface area contributed by atoms with Crippen LogP contribution in [0.25, 0.3) is 22.3 Å². The van der Waals surface area contributed by atoms with E-state index in [0.717, 1.165) is 10.3 Å². The first-order chi connectivity index (χ1) is 16.0. The Balaban J connectivity index is 1.61. The maximum atomic E-state index is 14.6. The van der Waals surface area contributed by atoms with E-state index in [9.17, 15) is 13.2 Å². The van der Waals surface area contributed by atoms with Gasteiger partial charge in [-0.15, -0.1) is 0 Å². The predicted octanol–water partition coefficient (Wildman–Crippen LogP) is 4.92. The Morgan fingerprint density at radius 3 is 2.67 bits per heavy atom. The number of alkyl halides is 2. The van der Waals surface area contributed by atoms with Gasteiger partial charge in [0.15, 0.2) is 17.4 Å². The van der Waals surface area contributed by atoms with Gasteiger partial charge in [-0.2, -0.15) is 4.98 Å². The number of nitrogens with zero attached hydrogens (tertiary/aromatic N) is 4. The van der Waals surface area contributed by atoms with E-state index in [0.29, 0.717) is 23.4 Å². The van der Waals surface area contributed by atoms with Crippen LogP contribution in [-0.4, -0.2) is 45.0 Å². The minimum Gasteiger partial charge on any atom is -0.482 e. The van der Waals surface area contributed by atoms with Crippen LogP contribution in [0.5, 0.6) is 5.75 Å². The zero-order valence-electron chi connectivity index (χ0n) is 17.7. The average molecular weight is 476 g/mol. The Kier molecular flexibility index (Phi) is 6.82. The van der Waals surface area contributed by atoms with Crippen LogP contribution in [-0.2, 0) is 6.42 Å². The fourth-order valence-corrected chi connectivity index (χ4v) is 3.92. The molecule has 0 bridgehead atoms. The van der Waals surface area contributed by atoms with E-state index < -0.39 is 18.8 Å². The summed E-state index contributed by atoms with van der Waals surface area (Å²) in [5.74, 6) is 0.615. The number of benzene rings is 1. The molecular weight excluding hydrogens is 455 g/mol. The molecule has 1 aromatic carbocycles. The molecular formula is C21H20F3N7OS.